The van der Waals surface area contributed by atoms with Crippen molar-refractivity contribution >= 4 is 5.91 Å². The molecule has 1 aromatic carbocycles. The zero-order valence-electron chi connectivity index (χ0n) is 11.3. The third-order valence-electron chi connectivity index (χ3n) is 3.84. The molecule has 0 aromatic heterocycles. The molecule has 0 radical (unpaired) electrons. The van der Waals surface area contributed by atoms with E-state index in [9.17, 15) is 4.79 Å². The number of aryl methyl sites for hydroxylation is 2. The first-order chi connectivity index (χ1) is 8.68. The molecule has 1 fully saturated rings. The Morgan fingerprint density at radius 1 is 1.44 bits per heavy atom. The average molecular weight is 246 g/mol. The van der Waals surface area contributed by atoms with Crippen LogP contribution in [0.2, 0.25) is 0 Å². The second-order valence-electron chi connectivity index (χ2n) is 5.08. The monoisotopic (exact) mass is 246 g/mol. The third kappa shape index (κ3) is 3.10. The van der Waals surface area contributed by atoms with Crippen LogP contribution in [0.1, 0.15) is 24.0 Å². The fourth-order valence-corrected chi connectivity index (χ4v) is 2.48. The Bertz CT molecular complexity index is 411. The van der Waals surface area contributed by atoms with Crippen molar-refractivity contribution in [2.45, 2.75) is 32.2 Å². The van der Waals surface area contributed by atoms with E-state index >= 15 is 0 Å². The summed E-state index contributed by atoms with van der Waals surface area (Å²) in [5.74, 6) is 0.256. The van der Waals surface area contributed by atoms with Gasteiger partial charge in [0.2, 0.25) is 5.91 Å². The van der Waals surface area contributed by atoms with Crippen molar-refractivity contribution in [3.63, 3.8) is 0 Å². The van der Waals surface area contributed by atoms with E-state index in [0.717, 1.165) is 25.9 Å². The molecule has 0 unspecified atom stereocenters. The van der Waals surface area contributed by atoms with Gasteiger partial charge in [0.1, 0.15) is 0 Å². The second-order valence-corrected chi connectivity index (χ2v) is 5.08. The molecule has 2 rings (SSSR count). The highest BCUT2D eigenvalue weighted by molar-refractivity contribution is 5.76. The van der Waals surface area contributed by atoms with Gasteiger partial charge in [-0.25, -0.2) is 0 Å². The van der Waals surface area contributed by atoms with E-state index in [4.69, 9.17) is 0 Å². The lowest BCUT2D eigenvalue weighted by molar-refractivity contribution is -0.131. The lowest BCUT2D eigenvalue weighted by Crippen LogP contribution is -2.38. The minimum Gasteiger partial charge on any atom is -0.341 e. The molecule has 1 N–H and O–H groups in total. The molecule has 0 aliphatic carbocycles. The maximum Gasteiger partial charge on any atom is 0.222 e. The summed E-state index contributed by atoms with van der Waals surface area (Å²) in [5.41, 5.74) is 2.55. The molecule has 1 atom stereocenters. The summed E-state index contributed by atoms with van der Waals surface area (Å²) in [6, 6.07) is 8.67. The van der Waals surface area contributed by atoms with Gasteiger partial charge in [-0.2, -0.15) is 0 Å². The Balaban J connectivity index is 1.86. The quantitative estimate of drug-likeness (QED) is 0.878. The summed E-state index contributed by atoms with van der Waals surface area (Å²) in [7, 11) is 1.93. The summed E-state index contributed by atoms with van der Waals surface area (Å²) >= 11 is 0. The van der Waals surface area contributed by atoms with Crippen molar-refractivity contribution in [3.05, 3.63) is 35.4 Å². The SMILES string of the molecule is Cc1ccccc1CCC(=O)N(C)[C@H]1CCNC1. The van der Waals surface area contributed by atoms with E-state index in [-0.39, 0.29) is 5.91 Å². The fourth-order valence-electron chi connectivity index (χ4n) is 2.48. The summed E-state index contributed by atoms with van der Waals surface area (Å²) in [4.78, 5) is 14.0. The molecule has 0 spiro atoms. The van der Waals surface area contributed by atoms with Gasteiger partial charge in [-0.15, -0.1) is 0 Å². The number of carbonyl (C=O) groups excluding carboxylic acids is 1. The topological polar surface area (TPSA) is 32.3 Å². The average Bonchev–Trinajstić information content (AvgIpc) is 2.90. The van der Waals surface area contributed by atoms with Crippen LogP contribution >= 0.6 is 0 Å². The van der Waals surface area contributed by atoms with Gasteiger partial charge in [-0.3, -0.25) is 4.79 Å². The number of carbonyl (C=O) groups is 1. The Hall–Kier alpha value is -1.35. The molecule has 0 bridgehead atoms. The van der Waals surface area contributed by atoms with Gasteiger partial charge in [0, 0.05) is 26.1 Å². The van der Waals surface area contributed by atoms with Gasteiger partial charge in [0.05, 0.1) is 0 Å². The number of hydrogen-bond donors (Lipinski definition) is 1. The largest absolute Gasteiger partial charge is 0.341 e. The molecule has 18 heavy (non-hydrogen) atoms. The Labute approximate surface area is 109 Å². The summed E-state index contributed by atoms with van der Waals surface area (Å²) in [5, 5.41) is 3.30. The van der Waals surface area contributed by atoms with Crippen LogP contribution in [-0.4, -0.2) is 37.0 Å². The normalized spacial score (nSPS) is 18.9. The molecule has 3 nitrogen and oxygen atoms in total. The zero-order valence-corrected chi connectivity index (χ0v) is 11.3. The number of hydrogen-bond acceptors (Lipinski definition) is 2. The molecule has 1 saturated heterocycles. The van der Waals surface area contributed by atoms with Crippen LogP contribution in [0, 0.1) is 6.92 Å². The predicted molar refractivity (Wildman–Crippen MR) is 73.5 cm³/mol. The lowest BCUT2D eigenvalue weighted by atomic mass is 10.0. The van der Waals surface area contributed by atoms with Gasteiger partial charge in [-0.05, 0) is 37.4 Å². The Morgan fingerprint density at radius 2 is 2.22 bits per heavy atom. The van der Waals surface area contributed by atoms with Gasteiger partial charge in [0.25, 0.3) is 0 Å². The number of amides is 1. The molecule has 1 aliphatic rings. The first-order valence-corrected chi connectivity index (χ1v) is 6.69. The van der Waals surface area contributed by atoms with Crippen molar-refractivity contribution in [1.82, 2.24) is 10.2 Å². The molecule has 1 aliphatic heterocycles. The molecule has 1 aromatic rings. The summed E-state index contributed by atoms with van der Waals surface area (Å²) in [6.45, 7) is 4.07. The maximum absolute atomic E-state index is 12.1. The smallest absolute Gasteiger partial charge is 0.222 e. The van der Waals surface area contributed by atoms with Crippen molar-refractivity contribution in [2.24, 2.45) is 0 Å². The molecule has 1 amide bonds. The van der Waals surface area contributed by atoms with Gasteiger partial charge < -0.3 is 10.2 Å². The van der Waals surface area contributed by atoms with E-state index in [2.05, 4.69) is 24.4 Å². The predicted octanol–water partition coefficient (Wildman–Crippen LogP) is 1.75. The van der Waals surface area contributed by atoms with E-state index in [0.29, 0.717) is 12.5 Å². The summed E-state index contributed by atoms with van der Waals surface area (Å²) < 4.78 is 0. The minimum absolute atomic E-state index is 0.256. The van der Waals surface area contributed by atoms with Crippen LogP contribution in [0.25, 0.3) is 0 Å². The molecule has 1 heterocycles. The number of nitrogens with one attached hydrogen (secondary N) is 1. The van der Waals surface area contributed by atoms with Gasteiger partial charge >= 0.3 is 0 Å². The molecule has 98 valence electrons. The maximum atomic E-state index is 12.1. The highest BCUT2D eigenvalue weighted by atomic mass is 16.2. The van der Waals surface area contributed by atoms with Crippen LogP contribution in [0.5, 0.6) is 0 Å². The van der Waals surface area contributed by atoms with Crippen LogP contribution < -0.4 is 5.32 Å². The standard InChI is InChI=1S/C15H22N2O/c1-12-5-3-4-6-13(12)7-8-15(18)17(2)14-9-10-16-11-14/h3-6,14,16H,7-11H2,1-2H3/t14-/m0/s1. The van der Waals surface area contributed by atoms with Crippen LogP contribution in [0.3, 0.4) is 0 Å². The Morgan fingerprint density at radius 3 is 2.89 bits per heavy atom. The molecular weight excluding hydrogens is 224 g/mol. The first-order valence-electron chi connectivity index (χ1n) is 6.69. The number of likely N-dealkylation sites (N-methyl/N-ethyl adjacent to an activating group) is 1. The highest BCUT2D eigenvalue weighted by Crippen LogP contribution is 2.12. The van der Waals surface area contributed by atoms with E-state index in [1.54, 1.807) is 0 Å². The van der Waals surface area contributed by atoms with Crippen molar-refractivity contribution in [3.8, 4) is 0 Å². The number of benzene rings is 1. The van der Waals surface area contributed by atoms with Crippen molar-refractivity contribution in [1.29, 1.82) is 0 Å². The summed E-state index contributed by atoms with van der Waals surface area (Å²) in [6.07, 6.45) is 2.53. The van der Waals surface area contributed by atoms with Crippen molar-refractivity contribution in [2.75, 3.05) is 20.1 Å². The molecule has 3 heteroatoms. The van der Waals surface area contributed by atoms with E-state index in [1.807, 2.05) is 24.1 Å². The number of nitrogens with zero attached hydrogens (tertiary/aromatic N) is 1. The first kappa shape index (κ1) is 13.1. The Kier molecular flexibility index (Phi) is 4.37. The fraction of sp³-hybridized carbons (Fsp3) is 0.533. The van der Waals surface area contributed by atoms with E-state index < -0.39 is 0 Å². The van der Waals surface area contributed by atoms with E-state index in [1.165, 1.54) is 11.1 Å². The molecular formula is C15H22N2O. The van der Waals surface area contributed by atoms with Crippen LogP contribution in [-0.2, 0) is 11.2 Å². The third-order valence-corrected chi connectivity index (χ3v) is 3.84. The minimum atomic E-state index is 0.256. The van der Waals surface area contributed by atoms with Gasteiger partial charge in [0.15, 0.2) is 0 Å². The number of rotatable bonds is 4. The van der Waals surface area contributed by atoms with Crippen molar-refractivity contribution < 1.29 is 4.79 Å². The highest BCUT2D eigenvalue weighted by Gasteiger charge is 2.22. The van der Waals surface area contributed by atoms with Gasteiger partial charge in [-0.1, -0.05) is 24.3 Å². The lowest BCUT2D eigenvalue weighted by Gasteiger charge is -2.23. The second kappa shape index (κ2) is 6.01. The van der Waals surface area contributed by atoms with Crippen LogP contribution in [0.15, 0.2) is 24.3 Å². The van der Waals surface area contributed by atoms with Crippen LogP contribution in [0.4, 0.5) is 0 Å². The molecule has 0 saturated carbocycles. The zero-order chi connectivity index (χ0) is 13.0.